The van der Waals surface area contributed by atoms with Gasteiger partial charge in [-0.1, -0.05) is 24.3 Å². The summed E-state index contributed by atoms with van der Waals surface area (Å²) in [5.41, 5.74) is 4.63. The Morgan fingerprint density at radius 2 is 1.79 bits per heavy atom. The van der Waals surface area contributed by atoms with Crippen molar-refractivity contribution in [3.8, 4) is 11.5 Å². The predicted octanol–water partition coefficient (Wildman–Crippen LogP) is 3.10. The number of fused-ring (bicyclic) bond motifs is 1. The Kier molecular flexibility index (Phi) is 4.78. The van der Waals surface area contributed by atoms with Crippen molar-refractivity contribution in [2.24, 2.45) is 0 Å². The topological polar surface area (TPSA) is 41.9 Å². The van der Waals surface area contributed by atoms with Gasteiger partial charge in [-0.15, -0.1) is 0 Å². The number of hydrogen-bond acceptors (Lipinski definition) is 4. The van der Waals surface area contributed by atoms with Gasteiger partial charge in [0, 0.05) is 12.6 Å². The minimum atomic E-state index is -0.438. The zero-order valence-electron chi connectivity index (χ0n) is 14.7. The van der Waals surface area contributed by atoms with Gasteiger partial charge in [-0.05, 0) is 54.8 Å². The second-order valence-electron chi connectivity index (χ2n) is 6.46. The number of aryl methyl sites for hydroxylation is 1. The second kappa shape index (κ2) is 6.83. The van der Waals surface area contributed by atoms with E-state index in [-0.39, 0.29) is 6.04 Å². The summed E-state index contributed by atoms with van der Waals surface area (Å²) in [4.78, 5) is 2.22. The van der Waals surface area contributed by atoms with Crippen LogP contribution in [-0.4, -0.2) is 37.3 Å². The smallest absolute Gasteiger partial charge is 0.161 e. The van der Waals surface area contributed by atoms with Crippen LogP contribution in [0.15, 0.2) is 36.4 Å². The van der Waals surface area contributed by atoms with E-state index in [4.69, 9.17) is 9.47 Å². The van der Waals surface area contributed by atoms with E-state index in [1.807, 2.05) is 30.3 Å². The quantitative estimate of drug-likeness (QED) is 0.916. The first-order valence-corrected chi connectivity index (χ1v) is 8.22. The molecule has 1 aliphatic rings. The Morgan fingerprint density at radius 1 is 1.12 bits per heavy atom. The molecule has 0 spiro atoms. The Hall–Kier alpha value is -2.04. The predicted molar refractivity (Wildman–Crippen MR) is 94.6 cm³/mol. The van der Waals surface area contributed by atoms with Crippen molar-refractivity contribution in [2.75, 3.05) is 21.3 Å². The molecule has 2 unspecified atom stereocenters. The van der Waals surface area contributed by atoms with Crippen LogP contribution in [0.4, 0.5) is 0 Å². The van der Waals surface area contributed by atoms with Gasteiger partial charge < -0.3 is 14.6 Å². The van der Waals surface area contributed by atoms with Crippen LogP contribution in [0.2, 0.25) is 0 Å². The molecule has 128 valence electrons. The maximum absolute atomic E-state index is 10.7. The number of aliphatic hydroxyl groups is 1. The van der Waals surface area contributed by atoms with Gasteiger partial charge in [0.15, 0.2) is 11.5 Å². The fourth-order valence-electron chi connectivity index (χ4n) is 3.53. The molecule has 4 nitrogen and oxygen atoms in total. The summed E-state index contributed by atoms with van der Waals surface area (Å²) in [6.07, 6.45) is 0.437. The van der Waals surface area contributed by atoms with Crippen molar-refractivity contribution in [3.63, 3.8) is 0 Å². The lowest BCUT2D eigenvalue weighted by atomic mass is 10.0. The minimum Gasteiger partial charge on any atom is -0.493 e. The molecule has 4 heteroatoms. The lowest BCUT2D eigenvalue weighted by Gasteiger charge is -2.28. The van der Waals surface area contributed by atoms with Crippen LogP contribution in [0.25, 0.3) is 0 Å². The summed E-state index contributed by atoms with van der Waals surface area (Å²) < 4.78 is 10.8. The average Bonchev–Trinajstić information content (AvgIpc) is 2.93. The Balaban J connectivity index is 1.80. The highest BCUT2D eigenvalue weighted by atomic mass is 16.5. The molecule has 2 atom stereocenters. The van der Waals surface area contributed by atoms with Gasteiger partial charge in [0.1, 0.15) is 0 Å². The molecule has 0 saturated heterocycles. The van der Waals surface area contributed by atoms with Crippen molar-refractivity contribution in [1.82, 2.24) is 4.90 Å². The third-order valence-corrected chi connectivity index (χ3v) is 5.00. The van der Waals surface area contributed by atoms with Gasteiger partial charge in [-0.2, -0.15) is 0 Å². The highest BCUT2D eigenvalue weighted by Gasteiger charge is 2.33. The number of hydrogen-bond donors (Lipinski definition) is 1. The number of likely N-dealkylation sites (N-methyl/N-ethyl adjacent to an activating group) is 1. The minimum absolute atomic E-state index is 0.0925. The number of ether oxygens (including phenoxy) is 2. The van der Waals surface area contributed by atoms with E-state index >= 15 is 0 Å². The van der Waals surface area contributed by atoms with Gasteiger partial charge in [0.05, 0.1) is 20.3 Å². The van der Waals surface area contributed by atoms with E-state index in [1.165, 1.54) is 11.1 Å². The Bertz CT molecular complexity index is 729. The zero-order valence-corrected chi connectivity index (χ0v) is 14.7. The van der Waals surface area contributed by atoms with Gasteiger partial charge in [-0.3, -0.25) is 4.90 Å². The van der Waals surface area contributed by atoms with Gasteiger partial charge >= 0.3 is 0 Å². The number of rotatable bonds is 5. The maximum atomic E-state index is 10.7. The summed E-state index contributed by atoms with van der Waals surface area (Å²) >= 11 is 0. The van der Waals surface area contributed by atoms with Crippen LogP contribution >= 0.6 is 0 Å². The van der Waals surface area contributed by atoms with Crippen molar-refractivity contribution >= 4 is 0 Å². The van der Waals surface area contributed by atoms with Crippen molar-refractivity contribution < 1.29 is 14.6 Å². The summed E-state index contributed by atoms with van der Waals surface area (Å²) in [7, 11) is 5.36. The summed E-state index contributed by atoms with van der Waals surface area (Å²) in [5.74, 6) is 1.48. The van der Waals surface area contributed by atoms with E-state index in [2.05, 4.69) is 24.9 Å². The van der Waals surface area contributed by atoms with E-state index in [1.54, 1.807) is 14.2 Å². The monoisotopic (exact) mass is 327 g/mol. The normalized spacial score (nSPS) is 19.4. The van der Waals surface area contributed by atoms with Crippen LogP contribution in [0, 0.1) is 6.92 Å². The first-order valence-electron chi connectivity index (χ1n) is 8.22. The third-order valence-electron chi connectivity index (χ3n) is 5.00. The number of aliphatic hydroxyl groups excluding tert-OH is 1. The van der Waals surface area contributed by atoms with Crippen molar-refractivity contribution in [3.05, 3.63) is 58.7 Å². The number of methoxy groups -OCH3 is 2. The van der Waals surface area contributed by atoms with Gasteiger partial charge in [0.2, 0.25) is 0 Å². The molecule has 0 bridgehead atoms. The summed E-state index contributed by atoms with van der Waals surface area (Å²) in [6, 6.07) is 12.3. The molecule has 2 aromatic rings. The van der Waals surface area contributed by atoms with E-state index < -0.39 is 6.10 Å². The van der Waals surface area contributed by atoms with Crippen LogP contribution in [-0.2, 0) is 13.0 Å². The molecule has 0 amide bonds. The fraction of sp³-hybridized carbons (Fsp3) is 0.400. The molecule has 0 aromatic heterocycles. The molecule has 1 aliphatic carbocycles. The molecule has 0 heterocycles. The molecule has 2 aromatic carbocycles. The lowest BCUT2D eigenvalue weighted by Crippen LogP contribution is -2.34. The highest BCUT2D eigenvalue weighted by Crippen LogP contribution is 2.35. The highest BCUT2D eigenvalue weighted by molar-refractivity contribution is 5.47. The largest absolute Gasteiger partial charge is 0.493 e. The SMILES string of the molecule is COc1cc(C)c(CN(C)C2Cc3ccccc3C2O)cc1OC. The molecule has 3 rings (SSSR count). The van der Waals surface area contributed by atoms with Gasteiger partial charge in [0.25, 0.3) is 0 Å². The first-order chi connectivity index (χ1) is 11.5. The molecule has 1 N–H and O–H groups in total. The summed E-state index contributed by atoms with van der Waals surface area (Å²) in [6.45, 7) is 2.83. The number of benzene rings is 2. The first kappa shape index (κ1) is 16.8. The fourth-order valence-corrected chi connectivity index (χ4v) is 3.53. The van der Waals surface area contributed by atoms with Crippen LogP contribution in [0.5, 0.6) is 11.5 Å². The molecular formula is C20H25NO3. The molecule has 24 heavy (non-hydrogen) atoms. The maximum Gasteiger partial charge on any atom is 0.161 e. The van der Waals surface area contributed by atoms with Crippen LogP contribution in [0.3, 0.4) is 0 Å². The average molecular weight is 327 g/mol. The van der Waals surface area contributed by atoms with Crippen LogP contribution < -0.4 is 9.47 Å². The molecule has 0 radical (unpaired) electrons. The van der Waals surface area contributed by atoms with E-state index in [9.17, 15) is 5.11 Å². The summed E-state index contributed by atoms with van der Waals surface area (Å²) in [5, 5.41) is 10.7. The standard InChI is InChI=1S/C20H25NO3/c1-13-9-18(23-3)19(24-4)11-15(13)12-21(2)17-10-14-7-5-6-8-16(14)20(17)22/h5-9,11,17,20,22H,10,12H2,1-4H3. The zero-order chi connectivity index (χ0) is 17.3. The second-order valence-corrected chi connectivity index (χ2v) is 6.46. The molecular weight excluding hydrogens is 302 g/mol. The van der Waals surface area contributed by atoms with E-state index in [0.29, 0.717) is 0 Å². The number of nitrogens with zero attached hydrogens (tertiary/aromatic N) is 1. The van der Waals surface area contributed by atoms with Gasteiger partial charge in [-0.25, -0.2) is 0 Å². The van der Waals surface area contributed by atoms with Crippen LogP contribution in [0.1, 0.15) is 28.4 Å². The van der Waals surface area contributed by atoms with Crippen molar-refractivity contribution in [2.45, 2.75) is 32.0 Å². The van der Waals surface area contributed by atoms with E-state index in [0.717, 1.165) is 35.6 Å². The molecule has 0 aliphatic heterocycles. The lowest BCUT2D eigenvalue weighted by molar-refractivity contribution is 0.0720. The Labute approximate surface area is 143 Å². The third kappa shape index (κ3) is 2.99. The molecule has 0 fully saturated rings. The Morgan fingerprint density at radius 3 is 2.46 bits per heavy atom. The van der Waals surface area contributed by atoms with Crippen molar-refractivity contribution in [1.29, 1.82) is 0 Å². The molecule has 0 saturated carbocycles.